The zero-order valence-corrected chi connectivity index (χ0v) is 12.0. The molecule has 0 radical (unpaired) electrons. The molecule has 1 aliphatic rings. The van der Waals surface area contributed by atoms with Crippen LogP contribution in [0.3, 0.4) is 0 Å². The molecule has 5 N–H and O–H groups in total. The van der Waals surface area contributed by atoms with Crippen molar-refractivity contribution < 1.29 is 4.79 Å². The molecule has 0 unspecified atom stereocenters. The molecule has 7 heteroatoms. The first-order valence-corrected chi connectivity index (χ1v) is 7.22. The van der Waals surface area contributed by atoms with Gasteiger partial charge in [0, 0.05) is 39.3 Å². The molecule has 2 rings (SSSR count). The van der Waals surface area contributed by atoms with Crippen LogP contribution in [0.1, 0.15) is 9.67 Å². The smallest absolute Gasteiger partial charge is 0.260 e. The van der Waals surface area contributed by atoms with Gasteiger partial charge in [0.1, 0.15) is 4.88 Å². The van der Waals surface area contributed by atoms with Crippen molar-refractivity contribution in [3.8, 4) is 0 Å². The normalized spacial score (nSPS) is 17.5. The van der Waals surface area contributed by atoms with Crippen LogP contribution in [-0.2, 0) is 0 Å². The van der Waals surface area contributed by atoms with Crippen LogP contribution in [0.4, 0.5) is 10.7 Å². The molecule has 1 aromatic rings. The second-order valence-corrected chi connectivity index (χ2v) is 5.88. The molecule has 2 heterocycles. The van der Waals surface area contributed by atoms with Gasteiger partial charge < -0.3 is 21.7 Å². The lowest BCUT2D eigenvalue weighted by Crippen LogP contribution is -2.45. The van der Waals surface area contributed by atoms with Crippen molar-refractivity contribution in [3.63, 3.8) is 0 Å². The fraction of sp³-hybridized carbons (Fsp3) is 0.583. The minimum Gasteiger partial charge on any atom is -0.397 e. The SMILES string of the molecule is CN1CCN(CCNc2cc(N)c(C(N)=O)s2)CC1. The lowest BCUT2D eigenvalue weighted by atomic mass is 10.3. The van der Waals surface area contributed by atoms with E-state index in [2.05, 4.69) is 22.2 Å². The van der Waals surface area contributed by atoms with Crippen molar-refractivity contribution in [2.24, 2.45) is 5.73 Å². The Kier molecular flexibility index (Phi) is 4.62. The van der Waals surface area contributed by atoms with Crippen LogP contribution in [0.5, 0.6) is 0 Å². The molecule has 0 atom stereocenters. The first-order valence-electron chi connectivity index (χ1n) is 6.40. The van der Waals surface area contributed by atoms with Gasteiger partial charge in [0.2, 0.25) is 0 Å². The van der Waals surface area contributed by atoms with Crippen molar-refractivity contribution in [1.82, 2.24) is 9.80 Å². The van der Waals surface area contributed by atoms with E-state index in [-0.39, 0.29) is 0 Å². The van der Waals surface area contributed by atoms with Crippen LogP contribution in [0.2, 0.25) is 0 Å². The van der Waals surface area contributed by atoms with Gasteiger partial charge in [0.15, 0.2) is 0 Å². The van der Waals surface area contributed by atoms with Gasteiger partial charge in [-0.05, 0) is 13.1 Å². The van der Waals surface area contributed by atoms with Crippen molar-refractivity contribution in [2.75, 3.05) is 57.4 Å². The number of likely N-dealkylation sites (N-methyl/N-ethyl adjacent to an activating group) is 1. The molecule has 0 bridgehead atoms. The van der Waals surface area contributed by atoms with Crippen LogP contribution in [0.15, 0.2) is 6.07 Å². The topological polar surface area (TPSA) is 87.6 Å². The number of nitrogens with two attached hydrogens (primary N) is 2. The minimum atomic E-state index is -0.463. The number of carbonyl (C=O) groups is 1. The van der Waals surface area contributed by atoms with E-state index in [1.54, 1.807) is 6.07 Å². The number of nitrogen functional groups attached to an aromatic ring is 1. The predicted molar refractivity (Wildman–Crippen MR) is 79.7 cm³/mol. The van der Waals surface area contributed by atoms with Crippen LogP contribution >= 0.6 is 11.3 Å². The Morgan fingerprint density at radius 2 is 2.11 bits per heavy atom. The Hall–Kier alpha value is -1.31. The average Bonchev–Trinajstić information content (AvgIpc) is 2.73. The molecule has 1 aromatic heterocycles. The highest BCUT2D eigenvalue weighted by Gasteiger charge is 2.14. The monoisotopic (exact) mass is 283 g/mol. The van der Waals surface area contributed by atoms with Gasteiger partial charge in [-0.2, -0.15) is 0 Å². The summed E-state index contributed by atoms with van der Waals surface area (Å²) in [6.07, 6.45) is 0. The molecule has 106 valence electrons. The Morgan fingerprint density at radius 3 is 2.68 bits per heavy atom. The summed E-state index contributed by atoms with van der Waals surface area (Å²) < 4.78 is 0. The van der Waals surface area contributed by atoms with E-state index in [1.807, 2.05) is 0 Å². The zero-order chi connectivity index (χ0) is 13.8. The summed E-state index contributed by atoms with van der Waals surface area (Å²) in [6.45, 7) is 6.31. The summed E-state index contributed by atoms with van der Waals surface area (Å²) in [5.41, 5.74) is 11.4. The largest absolute Gasteiger partial charge is 0.397 e. The average molecular weight is 283 g/mol. The molecule has 19 heavy (non-hydrogen) atoms. The number of nitrogens with zero attached hydrogens (tertiary/aromatic N) is 2. The third-order valence-corrected chi connectivity index (χ3v) is 4.43. The van der Waals surface area contributed by atoms with Gasteiger partial charge in [0.05, 0.1) is 10.7 Å². The molecule has 1 fully saturated rings. The highest BCUT2D eigenvalue weighted by atomic mass is 32.1. The van der Waals surface area contributed by atoms with E-state index >= 15 is 0 Å². The maximum absolute atomic E-state index is 11.1. The summed E-state index contributed by atoms with van der Waals surface area (Å²) in [6, 6.07) is 1.77. The standard InChI is InChI=1S/C12H21N5OS/c1-16-4-6-17(7-5-16)3-2-15-10-8-9(13)11(19-10)12(14)18/h8,15H,2-7,13H2,1H3,(H2,14,18). The van der Waals surface area contributed by atoms with Crippen molar-refractivity contribution >= 4 is 27.9 Å². The Labute approximate surface area is 117 Å². The number of nitrogens with one attached hydrogen (secondary N) is 1. The number of piperazine rings is 1. The fourth-order valence-corrected chi connectivity index (χ4v) is 2.95. The van der Waals surface area contributed by atoms with E-state index < -0.39 is 5.91 Å². The van der Waals surface area contributed by atoms with Gasteiger partial charge >= 0.3 is 0 Å². The summed E-state index contributed by atoms with van der Waals surface area (Å²) in [4.78, 5) is 16.3. The van der Waals surface area contributed by atoms with E-state index in [0.29, 0.717) is 10.6 Å². The third kappa shape index (κ3) is 3.82. The Balaban J connectivity index is 1.76. The molecule has 0 aliphatic carbocycles. The van der Waals surface area contributed by atoms with Gasteiger partial charge in [-0.15, -0.1) is 11.3 Å². The van der Waals surface area contributed by atoms with E-state index in [1.165, 1.54) is 11.3 Å². The number of carbonyl (C=O) groups excluding carboxylic acids is 1. The number of amides is 1. The third-order valence-electron chi connectivity index (χ3n) is 3.31. The molecule has 1 amide bonds. The quantitative estimate of drug-likeness (QED) is 0.713. The highest BCUT2D eigenvalue weighted by Crippen LogP contribution is 2.28. The summed E-state index contributed by atoms with van der Waals surface area (Å²) in [7, 11) is 2.15. The lowest BCUT2D eigenvalue weighted by Gasteiger charge is -2.32. The van der Waals surface area contributed by atoms with Crippen LogP contribution in [-0.4, -0.2) is 62.0 Å². The molecule has 0 saturated carbocycles. The minimum absolute atomic E-state index is 0.432. The van der Waals surface area contributed by atoms with Gasteiger partial charge in [-0.25, -0.2) is 0 Å². The first-order chi connectivity index (χ1) is 9.06. The van der Waals surface area contributed by atoms with E-state index in [0.717, 1.165) is 44.3 Å². The fourth-order valence-electron chi connectivity index (χ4n) is 2.09. The van der Waals surface area contributed by atoms with Crippen molar-refractivity contribution in [1.29, 1.82) is 0 Å². The maximum atomic E-state index is 11.1. The molecular formula is C12H21N5OS. The summed E-state index contributed by atoms with van der Waals surface area (Å²) in [5, 5.41) is 4.20. The number of thiophene rings is 1. The van der Waals surface area contributed by atoms with Crippen LogP contribution in [0, 0.1) is 0 Å². The van der Waals surface area contributed by atoms with E-state index in [9.17, 15) is 4.79 Å². The second kappa shape index (κ2) is 6.23. The molecule has 0 aromatic carbocycles. The highest BCUT2D eigenvalue weighted by molar-refractivity contribution is 7.18. The van der Waals surface area contributed by atoms with Crippen molar-refractivity contribution in [2.45, 2.75) is 0 Å². The van der Waals surface area contributed by atoms with Crippen LogP contribution in [0.25, 0.3) is 0 Å². The first kappa shape index (κ1) is 14.1. The maximum Gasteiger partial charge on any atom is 0.260 e. The molecule has 1 saturated heterocycles. The number of rotatable bonds is 5. The molecule has 6 nitrogen and oxygen atoms in total. The van der Waals surface area contributed by atoms with Gasteiger partial charge in [0.25, 0.3) is 5.91 Å². The number of primary amides is 1. The van der Waals surface area contributed by atoms with Gasteiger partial charge in [-0.3, -0.25) is 9.69 Å². The molecular weight excluding hydrogens is 262 g/mol. The second-order valence-electron chi connectivity index (χ2n) is 4.83. The Bertz CT molecular complexity index is 439. The lowest BCUT2D eigenvalue weighted by molar-refractivity contribution is 0.100. The predicted octanol–water partition coefficient (Wildman–Crippen LogP) is 0.0885. The molecule has 1 aliphatic heterocycles. The summed E-state index contributed by atoms with van der Waals surface area (Å²) in [5.74, 6) is -0.463. The van der Waals surface area contributed by atoms with Crippen molar-refractivity contribution in [3.05, 3.63) is 10.9 Å². The number of hydrogen-bond donors (Lipinski definition) is 3. The number of hydrogen-bond acceptors (Lipinski definition) is 6. The molecule has 0 spiro atoms. The zero-order valence-electron chi connectivity index (χ0n) is 11.2. The Morgan fingerprint density at radius 1 is 1.42 bits per heavy atom. The van der Waals surface area contributed by atoms with Crippen LogP contribution < -0.4 is 16.8 Å². The number of anilines is 2. The van der Waals surface area contributed by atoms with Gasteiger partial charge in [-0.1, -0.05) is 0 Å². The summed E-state index contributed by atoms with van der Waals surface area (Å²) >= 11 is 1.32. The van der Waals surface area contributed by atoms with E-state index in [4.69, 9.17) is 11.5 Å².